The number of anilines is 1. The van der Waals surface area contributed by atoms with Crippen molar-refractivity contribution in [1.29, 1.82) is 0 Å². The number of benzene rings is 2. The summed E-state index contributed by atoms with van der Waals surface area (Å²) in [5.74, 6) is 1.44. The van der Waals surface area contributed by atoms with E-state index < -0.39 is 0 Å². The molecule has 31 heavy (non-hydrogen) atoms. The number of carbonyl (C=O) groups excluding carboxylic acids is 1. The SMILES string of the molecule is CCc1cccc(C)c1NC(=O)CSc1ncnc2c1[nH]c1cc(OC)c(OC)cc12. The maximum absolute atomic E-state index is 12.7. The van der Waals surface area contributed by atoms with Crippen molar-refractivity contribution in [3.8, 4) is 11.5 Å². The Morgan fingerprint density at radius 1 is 1.16 bits per heavy atom. The maximum Gasteiger partial charge on any atom is 0.234 e. The number of hydrogen-bond donors (Lipinski definition) is 2. The Balaban J connectivity index is 1.60. The number of rotatable bonds is 7. The number of aromatic nitrogens is 3. The number of amides is 1. The summed E-state index contributed by atoms with van der Waals surface area (Å²) in [6, 6.07) is 9.82. The highest BCUT2D eigenvalue weighted by molar-refractivity contribution is 8.00. The molecule has 0 unspecified atom stereocenters. The third-order valence-electron chi connectivity index (χ3n) is 5.20. The van der Waals surface area contributed by atoms with Crippen molar-refractivity contribution < 1.29 is 14.3 Å². The molecule has 0 saturated heterocycles. The van der Waals surface area contributed by atoms with Gasteiger partial charge in [-0.05, 0) is 30.5 Å². The Kier molecular flexibility index (Phi) is 5.99. The van der Waals surface area contributed by atoms with Crippen LogP contribution in [0.3, 0.4) is 0 Å². The first kappa shape index (κ1) is 21.0. The molecule has 2 N–H and O–H groups in total. The predicted octanol–water partition coefficient (Wildman–Crippen LogP) is 4.73. The van der Waals surface area contributed by atoms with E-state index in [-0.39, 0.29) is 11.7 Å². The summed E-state index contributed by atoms with van der Waals surface area (Å²) < 4.78 is 10.8. The van der Waals surface area contributed by atoms with Gasteiger partial charge in [0.25, 0.3) is 0 Å². The monoisotopic (exact) mass is 436 g/mol. The average Bonchev–Trinajstić information content (AvgIpc) is 3.16. The quantitative estimate of drug-likeness (QED) is 0.322. The molecule has 0 aliphatic carbocycles. The summed E-state index contributed by atoms with van der Waals surface area (Å²) in [5, 5.41) is 4.69. The first-order chi connectivity index (χ1) is 15.0. The van der Waals surface area contributed by atoms with E-state index in [4.69, 9.17) is 9.47 Å². The number of hydrogen-bond acceptors (Lipinski definition) is 6. The Morgan fingerprint density at radius 2 is 1.94 bits per heavy atom. The van der Waals surface area contributed by atoms with Crippen molar-refractivity contribution in [1.82, 2.24) is 15.0 Å². The van der Waals surface area contributed by atoms with Crippen LogP contribution in [0.2, 0.25) is 0 Å². The van der Waals surface area contributed by atoms with Crippen molar-refractivity contribution >= 4 is 45.3 Å². The van der Waals surface area contributed by atoms with E-state index in [0.717, 1.165) is 50.2 Å². The first-order valence-electron chi connectivity index (χ1n) is 9.95. The van der Waals surface area contributed by atoms with Crippen LogP contribution in [0.25, 0.3) is 21.9 Å². The lowest BCUT2D eigenvalue weighted by atomic mass is 10.1. The number of carbonyl (C=O) groups is 1. The Hall–Kier alpha value is -3.26. The van der Waals surface area contributed by atoms with Gasteiger partial charge in [-0.25, -0.2) is 9.97 Å². The zero-order chi connectivity index (χ0) is 22.0. The van der Waals surface area contributed by atoms with Crippen molar-refractivity contribution in [3.63, 3.8) is 0 Å². The summed E-state index contributed by atoms with van der Waals surface area (Å²) in [6.07, 6.45) is 2.38. The van der Waals surface area contributed by atoms with Crippen LogP contribution in [0.4, 0.5) is 5.69 Å². The van der Waals surface area contributed by atoms with Crippen LogP contribution in [-0.2, 0) is 11.2 Å². The second kappa shape index (κ2) is 8.85. The largest absolute Gasteiger partial charge is 0.493 e. The van der Waals surface area contributed by atoms with Crippen LogP contribution in [-0.4, -0.2) is 40.8 Å². The van der Waals surface area contributed by atoms with Gasteiger partial charge in [-0.2, -0.15) is 0 Å². The minimum Gasteiger partial charge on any atom is -0.493 e. The molecule has 0 bridgehead atoms. The van der Waals surface area contributed by atoms with Crippen LogP contribution in [0.1, 0.15) is 18.1 Å². The number of para-hydroxylation sites is 1. The third-order valence-corrected chi connectivity index (χ3v) is 6.18. The number of aromatic amines is 1. The second-order valence-corrected chi connectivity index (χ2v) is 8.04. The van der Waals surface area contributed by atoms with Crippen LogP contribution >= 0.6 is 11.8 Å². The molecule has 0 radical (unpaired) electrons. The van der Waals surface area contributed by atoms with E-state index in [1.807, 2.05) is 37.3 Å². The number of methoxy groups -OCH3 is 2. The molecule has 2 heterocycles. The molecule has 0 aliphatic heterocycles. The zero-order valence-corrected chi connectivity index (χ0v) is 18.7. The molecule has 1 amide bonds. The maximum atomic E-state index is 12.7. The molecule has 160 valence electrons. The molecule has 4 aromatic rings. The number of thioether (sulfide) groups is 1. The molecule has 8 heteroatoms. The van der Waals surface area contributed by atoms with Crippen molar-refractivity contribution in [3.05, 3.63) is 47.8 Å². The van der Waals surface area contributed by atoms with Crippen LogP contribution in [0.15, 0.2) is 41.7 Å². The smallest absolute Gasteiger partial charge is 0.234 e. The van der Waals surface area contributed by atoms with Gasteiger partial charge in [0.1, 0.15) is 16.9 Å². The Morgan fingerprint density at radius 3 is 2.68 bits per heavy atom. The number of aryl methyl sites for hydroxylation is 2. The minimum absolute atomic E-state index is 0.0692. The molecular formula is C23H24N4O3S. The van der Waals surface area contributed by atoms with E-state index in [9.17, 15) is 4.79 Å². The molecule has 0 aliphatic rings. The van der Waals surface area contributed by atoms with E-state index in [1.165, 1.54) is 18.1 Å². The summed E-state index contributed by atoms with van der Waals surface area (Å²) in [6.45, 7) is 4.08. The summed E-state index contributed by atoms with van der Waals surface area (Å²) in [7, 11) is 3.20. The van der Waals surface area contributed by atoms with Gasteiger partial charge in [0.2, 0.25) is 5.91 Å². The third kappa shape index (κ3) is 4.03. The second-order valence-electron chi connectivity index (χ2n) is 7.08. The number of nitrogens with one attached hydrogen (secondary N) is 2. The lowest BCUT2D eigenvalue weighted by molar-refractivity contribution is -0.113. The molecule has 0 fully saturated rings. The number of H-pyrrole nitrogens is 1. The molecule has 0 saturated carbocycles. The van der Waals surface area contributed by atoms with Gasteiger partial charge in [-0.15, -0.1) is 0 Å². The highest BCUT2D eigenvalue weighted by Gasteiger charge is 2.16. The van der Waals surface area contributed by atoms with Gasteiger partial charge in [-0.1, -0.05) is 36.9 Å². The fourth-order valence-corrected chi connectivity index (χ4v) is 4.37. The van der Waals surface area contributed by atoms with Gasteiger partial charge in [0.15, 0.2) is 11.5 Å². The number of fused-ring (bicyclic) bond motifs is 3. The fourth-order valence-electron chi connectivity index (χ4n) is 3.62. The molecule has 2 aromatic heterocycles. The van der Waals surface area contributed by atoms with Crippen molar-refractivity contribution in [2.75, 3.05) is 25.3 Å². The summed E-state index contributed by atoms with van der Waals surface area (Å²) >= 11 is 1.37. The lowest BCUT2D eigenvalue weighted by Gasteiger charge is -2.12. The van der Waals surface area contributed by atoms with Crippen LogP contribution in [0.5, 0.6) is 11.5 Å². The molecule has 0 atom stereocenters. The van der Waals surface area contributed by atoms with Gasteiger partial charge in [-0.3, -0.25) is 4.79 Å². The molecular weight excluding hydrogens is 412 g/mol. The van der Waals surface area contributed by atoms with Crippen LogP contribution in [0, 0.1) is 6.92 Å². The number of nitrogens with zero attached hydrogens (tertiary/aromatic N) is 2. The fraction of sp³-hybridized carbons (Fsp3) is 0.261. The van der Waals surface area contributed by atoms with Gasteiger partial charge in [0.05, 0.1) is 31.0 Å². The summed E-state index contributed by atoms with van der Waals surface area (Å²) in [5.41, 5.74) is 5.51. The zero-order valence-electron chi connectivity index (χ0n) is 17.9. The molecule has 4 rings (SSSR count). The summed E-state index contributed by atoms with van der Waals surface area (Å²) in [4.78, 5) is 24.9. The molecule has 7 nitrogen and oxygen atoms in total. The molecule has 0 spiro atoms. The minimum atomic E-state index is -0.0692. The Bertz CT molecular complexity index is 1270. The predicted molar refractivity (Wildman–Crippen MR) is 124 cm³/mol. The Labute approximate surface area is 184 Å². The highest BCUT2D eigenvalue weighted by atomic mass is 32.2. The lowest BCUT2D eigenvalue weighted by Crippen LogP contribution is -2.16. The van der Waals surface area contributed by atoms with Crippen molar-refractivity contribution in [2.45, 2.75) is 25.3 Å². The van der Waals surface area contributed by atoms with E-state index >= 15 is 0 Å². The average molecular weight is 437 g/mol. The standard InChI is InChI=1S/C23H24N4O3S/c1-5-14-8-6-7-13(2)20(14)27-19(28)11-31-23-22-21(24-12-25-23)15-9-17(29-3)18(30-4)10-16(15)26-22/h6-10,12,26H,5,11H2,1-4H3,(H,27,28). The van der Waals surface area contributed by atoms with Gasteiger partial charge in [0, 0.05) is 17.1 Å². The highest BCUT2D eigenvalue weighted by Crippen LogP contribution is 2.37. The topological polar surface area (TPSA) is 89.1 Å². The number of ether oxygens (including phenoxy) is 2. The van der Waals surface area contributed by atoms with Crippen molar-refractivity contribution in [2.24, 2.45) is 0 Å². The van der Waals surface area contributed by atoms with E-state index in [1.54, 1.807) is 14.2 Å². The van der Waals surface area contributed by atoms with E-state index in [2.05, 4.69) is 27.2 Å². The van der Waals surface area contributed by atoms with Gasteiger partial charge >= 0.3 is 0 Å². The van der Waals surface area contributed by atoms with E-state index in [0.29, 0.717) is 11.5 Å². The normalized spacial score (nSPS) is 11.1. The molecule has 2 aromatic carbocycles. The van der Waals surface area contributed by atoms with Crippen LogP contribution < -0.4 is 14.8 Å². The first-order valence-corrected chi connectivity index (χ1v) is 10.9. The van der Waals surface area contributed by atoms with Gasteiger partial charge < -0.3 is 19.8 Å².